The van der Waals surface area contributed by atoms with Gasteiger partial charge >= 0.3 is 0 Å². The molecule has 0 spiro atoms. The lowest BCUT2D eigenvalue weighted by Gasteiger charge is -2.09. The highest BCUT2D eigenvalue weighted by molar-refractivity contribution is 6.14. The molecule has 1 N–H and O–H groups in total. The number of aromatic nitrogens is 5. The summed E-state index contributed by atoms with van der Waals surface area (Å²) in [5.74, 6) is 0.831. The number of benzene rings is 1. The Balaban J connectivity index is 1.39. The second-order valence-corrected chi connectivity index (χ2v) is 7.78. The molecule has 156 valence electrons. The third kappa shape index (κ3) is 3.31. The fraction of sp³-hybridized carbons (Fsp3) is 0.125. The van der Waals surface area contributed by atoms with E-state index in [-0.39, 0.29) is 5.91 Å². The van der Waals surface area contributed by atoms with Gasteiger partial charge in [0.05, 0.1) is 22.8 Å². The maximum atomic E-state index is 13.4. The Kier molecular flexibility index (Phi) is 4.28. The van der Waals surface area contributed by atoms with Gasteiger partial charge in [0.1, 0.15) is 17.8 Å². The van der Waals surface area contributed by atoms with E-state index in [1.54, 1.807) is 23.3 Å². The van der Waals surface area contributed by atoms with Gasteiger partial charge in [-0.05, 0) is 31.0 Å². The SMILES string of the molecule is O=C(Nc1ccc(-n2ccnc2)nc1)c1cc(C2CC2)nc2onc(-c3ccccc3)c12. The van der Waals surface area contributed by atoms with Gasteiger partial charge in [-0.2, -0.15) is 0 Å². The summed E-state index contributed by atoms with van der Waals surface area (Å²) in [5.41, 5.74) is 3.81. The molecule has 4 heterocycles. The number of hydrogen-bond donors (Lipinski definition) is 1. The van der Waals surface area contributed by atoms with Crippen LogP contribution in [-0.4, -0.2) is 30.6 Å². The van der Waals surface area contributed by atoms with Crippen molar-refractivity contribution >= 4 is 22.7 Å². The summed E-state index contributed by atoms with van der Waals surface area (Å²) in [4.78, 5) is 26.4. The topological polar surface area (TPSA) is 98.7 Å². The fourth-order valence-electron chi connectivity index (χ4n) is 3.74. The fourth-order valence-corrected chi connectivity index (χ4v) is 3.74. The van der Waals surface area contributed by atoms with Gasteiger partial charge in [-0.15, -0.1) is 0 Å². The molecule has 1 aliphatic rings. The van der Waals surface area contributed by atoms with E-state index in [1.165, 1.54) is 0 Å². The largest absolute Gasteiger partial charge is 0.335 e. The van der Waals surface area contributed by atoms with E-state index >= 15 is 0 Å². The number of amides is 1. The molecule has 1 fully saturated rings. The van der Waals surface area contributed by atoms with Crippen molar-refractivity contribution in [1.82, 2.24) is 24.7 Å². The van der Waals surface area contributed by atoms with Gasteiger partial charge in [-0.3, -0.25) is 9.36 Å². The van der Waals surface area contributed by atoms with Crippen LogP contribution in [0.2, 0.25) is 0 Å². The molecule has 0 radical (unpaired) electrons. The molecular weight excluding hydrogens is 404 g/mol. The second-order valence-electron chi connectivity index (χ2n) is 7.78. The second kappa shape index (κ2) is 7.42. The zero-order valence-electron chi connectivity index (χ0n) is 17.0. The van der Waals surface area contributed by atoms with Gasteiger partial charge < -0.3 is 9.84 Å². The first kappa shape index (κ1) is 18.4. The van der Waals surface area contributed by atoms with Crippen molar-refractivity contribution in [2.24, 2.45) is 0 Å². The molecule has 8 nitrogen and oxygen atoms in total. The molecule has 1 aliphatic carbocycles. The van der Waals surface area contributed by atoms with Crippen molar-refractivity contribution in [2.45, 2.75) is 18.8 Å². The maximum Gasteiger partial charge on any atom is 0.259 e. The van der Waals surface area contributed by atoms with Gasteiger partial charge in [0.2, 0.25) is 0 Å². The number of imidazole rings is 1. The third-order valence-corrected chi connectivity index (χ3v) is 5.53. The van der Waals surface area contributed by atoms with E-state index < -0.39 is 0 Å². The Morgan fingerprint density at radius 3 is 2.72 bits per heavy atom. The number of nitrogens with one attached hydrogen (secondary N) is 1. The molecule has 0 unspecified atom stereocenters. The monoisotopic (exact) mass is 422 g/mol. The number of rotatable bonds is 5. The van der Waals surface area contributed by atoms with Crippen LogP contribution in [0.15, 0.2) is 78.0 Å². The number of carbonyl (C=O) groups excluding carboxylic acids is 1. The summed E-state index contributed by atoms with van der Waals surface area (Å²) in [6, 6.07) is 15.2. The van der Waals surface area contributed by atoms with Gasteiger partial charge in [0, 0.05) is 29.6 Å². The predicted molar refractivity (Wildman–Crippen MR) is 119 cm³/mol. The Morgan fingerprint density at radius 2 is 2.00 bits per heavy atom. The summed E-state index contributed by atoms with van der Waals surface area (Å²) in [5, 5.41) is 7.80. The van der Waals surface area contributed by atoms with E-state index in [4.69, 9.17) is 4.52 Å². The van der Waals surface area contributed by atoms with Crippen LogP contribution in [0.1, 0.15) is 34.8 Å². The Morgan fingerprint density at radius 1 is 1.12 bits per heavy atom. The van der Waals surface area contributed by atoms with E-state index in [9.17, 15) is 4.79 Å². The number of anilines is 1. The zero-order chi connectivity index (χ0) is 21.5. The smallest absolute Gasteiger partial charge is 0.259 e. The summed E-state index contributed by atoms with van der Waals surface area (Å²) < 4.78 is 7.35. The van der Waals surface area contributed by atoms with E-state index in [0.717, 1.165) is 24.1 Å². The third-order valence-electron chi connectivity index (χ3n) is 5.53. The number of pyridine rings is 2. The molecule has 1 aromatic carbocycles. The summed E-state index contributed by atoms with van der Waals surface area (Å²) in [6.07, 6.45) is 8.93. The highest BCUT2D eigenvalue weighted by Gasteiger charge is 2.29. The average Bonchev–Trinajstić information content (AvgIpc) is 3.37. The molecule has 8 heteroatoms. The normalized spacial score (nSPS) is 13.4. The molecular formula is C24H18N6O2. The lowest BCUT2D eigenvalue weighted by atomic mass is 10.0. The van der Waals surface area contributed by atoms with E-state index in [1.807, 2.05) is 54.7 Å². The highest BCUT2D eigenvalue weighted by Crippen LogP contribution is 2.41. The standard InChI is InChI=1S/C24H18N6O2/c31-23(27-17-8-9-20(26-13-17)30-11-10-25-14-30)18-12-19(15-6-7-15)28-24-21(18)22(29-32-24)16-4-2-1-3-5-16/h1-5,8-15H,6-7H2,(H,27,31). The first-order chi connectivity index (χ1) is 15.8. The molecule has 0 bridgehead atoms. The van der Waals surface area contributed by atoms with Crippen molar-refractivity contribution in [3.63, 3.8) is 0 Å². The number of carbonyl (C=O) groups is 1. The van der Waals surface area contributed by atoms with Crippen molar-refractivity contribution in [2.75, 3.05) is 5.32 Å². The van der Waals surface area contributed by atoms with Crippen molar-refractivity contribution in [3.8, 4) is 17.1 Å². The molecule has 0 saturated heterocycles. The average molecular weight is 422 g/mol. The molecule has 4 aromatic heterocycles. The van der Waals surface area contributed by atoms with Crippen LogP contribution in [0.3, 0.4) is 0 Å². The van der Waals surface area contributed by atoms with Gasteiger partial charge in [-0.25, -0.2) is 15.0 Å². The van der Waals surface area contributed by atoms with Crippen LogP contribution in [-0.2, 0) is 0 Å². The van der Waals surface area contributed by atoms with Crippen molar-refractivity contribution in [3.05, 3.63) is 84.7 Å². The Hall–Kier alpha value is -4.33. The maximum absolute atomic E-state index is 13.4. The first-order valence-electron chi connectivity index (χ1n) is 10.4. The minimum atomic E-state index is -0.253. The van der Waals surface area contributed by atoms with Crippen LogP contribution >= 0.6 is 0 Å². The van der Waals surface area contributed by atoms with Gasteiger partial charge in [-0.1, -0.05) is 35.5 Å². The molecule has 5 aromatic rings. The van der Waals surface area contributed by atoms with Crippen LogP contribution in [0.25, 0.3) is 28.2 Å². The molecule has 1 saturated carbocycles. The molecule has 0 aliphatic heterocycles. The molecule has 0 atom stereocenters. The van der Waals surface area contributed by atoms with Crippen LogP contribution < -0.4 is 5.32 Å². The van der Waals surface area contributed by atoms with Gasteiger partial charge in [0.15, 0.2) is 0 Å². The molecule has 1 amide bonds. The van der Waals surface area contributed by atoms with Crippen molar-refractivity contribution < 1.29 is 9.32 Å². The quantitative estimate of drug-likeness (QED) is 0.444. The van der Waals surface area contributed by atoms with Gasteiger partial charge in [0.25, 0.3) is 11.6 Å². The Bertz CT molecular complexity index is 1400. The van der Waals surface area contributed by atoms with Crippen LogP contribution in [0, 0.1) is 0 Å². The van der Waals surface area contributed by atoms with Crippen LogP contribution in [0.4, 0.5) is 5.69 Å². The number of fused-ring (bicyclic) bond motifs is 1. The lowest BCUT2D eigenvalue weighted by molar-refractivity contribution is 0.102. The molecule has 6 rings (SSSR count). The number of nitrogens with zero attached hydrogens (tertiary/aromatic N) is 5. The van der Waals surface area contributed by atoms with E-state index in [0.29, 0.717) is 39.8 Å². The lowest BCUT2D eigenvalue weighted by Crippen LogP contribution is -2.14. The minimum Gasteiger partial charge on any atom is -0.335 e. The number of hydrogen-bond acceptors (Lipinski definition) is 6. The molecule has 32 heavy (non-hydrogen) atoms. The zero-order valence-corrected chi connectivity index (χ0v) is 17.0. The highest BCUT2D eigenvalue weighted by atomic mass is 16.5. The summed E-state index contributed by atoms with van der Waals surface area (Å²) in [6.45, 7) is 0. The van der Waals surface area contributed by atoms with Crippen molar-refractivity contribution in [1.29, 1.82) is 0 Å². The summed E-state index contributed by atoms with van der Waals surface area (Å²) >= 11 is 0. The van der Waals surface area contributed by atoms with Crippen LogP contribution in [0.5, 0.6) is 0 Å². The first-order valence-corrected chi connectivity index (χ1v) is 10.4. The Labute approximate surface area is 182 Å². The minimum absolute atomic E-state index is 0.253. The predicted octanol–water partition coefficient (Wildman–Crippen LogP) is 4.60. The summed E-state index contributed by atoms with van der Waals surface area (Å²) in [7, 11) is 0. The van der Waals surface area contributed by atoms with E-state index in [2.05, 4.69) is 25.4 Å².